The molecule has 2 amide bonds. The van der Waals surface area contributed by atoms with E-state index >= 15 is 0 Å². The van der Waals surface area contributed by atoms with Gasteiger partial charge >= 0.3 is 0 Å². The first-order valence-electron chi connectivity index (χ1n) is 12.0. The lowest BCUT2D eigenvalue weighted by atomic mass is 9.94. The third kappa shape index (κ3) is 5.78. The summed E-state index contributed by atoms with van der Waals surface area (Å²) >= 11 is 0. The number of ether oxygens (including phenoxy) is 2. The molecule has 0 fully saturated rings. The van der Waals surface area contributed by atoms with E-state index < -0.39 is 11.8 Å². The standard InChI is InChI=1S/C27H30N4O6/c28-25(19-6-1-3-7-21(19)29-9-13-36-15-11-32)24-23(26(34)30-27(24)35)20-17-31(10-14-37-16-12-33)22-8-4-2-5-18(20)22/h1-8,17,28-29,32-33H,9-16H2,(H,30,34,35). The molecular weight excluding hydrogens is 476 g/mol. The summed E-state index contributed by atoms with van der Waals surface area (Å²) in [7, 11) is 0. The lowest BCUT2D eigenvalue weighted by Gasteiger charge is -2.13. The predicted molar refractivity (Wildman–Crippen MR) is 140 cm³/mol. The molecule has 4 rings (SSSR count). The maximum Gasteiger partial charge on any atom is 0.261 e. The Bertz CT molecular complexity index is 1330. The average Bonchev–Trinajstić information content (AvgIpc) is 3.42. The third-order valence-corrected chi connectivity index (χ3v) is 5.95. The first-order chi connectivity index (χ1) is 18.1. The summed E-state index contributed by atoms with van der Waals surface area (Å²) in [5.41, 5.74) is 2.62. The summed E-state index contributed by atoms with van der Waals surface area (Å²) in [6, 6.07) is 14.6. The van der Waals surface area contributed by atoms with Gasteiger partial charge < -0.3 is 29.6 Å². The number of carbonyl (C=O) groups excluding carboxylic acids is 2. The van der Waals surface area contributed by atoms with Crippen molar-refractivity contribution in [3.8, 4) is 0 Å². The zero-order valence-corrected chi connectivity index (χ0v) is 20.3. The molecule has 0 spiro atoms. The van der Waals surface area contributed by atoms with E-state index in [0.717, 1.165) is 10.9 Å². The lowest BCUT2D eigenvalue weighted by Crippen LogP contribution is -2.25. The Hall–Kier alpha value is -3.83. The number of imide groups is 1. The number of rotatable bonds is 14. The van der Waals surface area contributed by atoms with Gasteiger partial charge in [-0.25, -0.2) is 0 Å². The minimum absolute atomic E-state index is 0.00946. The Labute approximate surface area is 214 Å². The molecule has 0 atom stereocenters. The Balaban J connectivity index is 1.71. The van der Waals surface area contributed by atoms with Crippen LogP contribution >= 0.6 is 0 Å². The molecule has 5 N–H and O–H groups in total. The molecule has 2 heterocycles. The summed E-state index contributed by atoms with van der Waals surface area (Å²) < 4.78 is 12.6. The monoisotopic (exact) mass is 506 g/mol. The highest BCUT2D eigenvalue weighted by molar-refractivity contribution is 6.48. The van der Waals surface area contributed by atoms with Crippen molar-refractivity contribution in [2.24, 2.45) is 0 Å². The van der Waals surface area contributed by atoms with Crippen molar-refractivity contribution in [2.75, 3.05) is 51.5 Å². The van der Waals surface area contributed by atoms with Crippen molar-refractivity contribution in [2.45, 2.75) is 6.54 Å². The summed E-state index contributed by atoms with van der Waals surface area (Å²) in [6.07, 6.45) is 1.80. The molecule has 10 nitrogen and oxygen atoms in total. The first kappa shape index (κ1) is 26.2. The second kappa shape index (κ2) is 12.4. The maximum absolute atomic E-state index is 13.0. The molecule has 37 heavy (non-hydrogen) atoms. The van der Waals surface area contributed by atoms with E-state index in [1.165, 1.54) is 0 Å². The van der Waals surface area contributed by atoms with Crippen LogP contribution in [0.5, 0.6) is 0 Å². The van der Waals surface area contributed by atoms with Crippen LogP contribution in [0.1, 0.15) is 11.1 Å². The molecule has 0 saturated carbocycles. The molecule has 0 saturated heterocycles. The van der Waals surface area contributed by atoms with Gasteiger partial charge in [-0.1, -0.05) is 36.4 Å². The third-order valence-electron chi connectivity index (χ3n) is 5.95. The van der Waals surface area contributed by atoms with Crippen LogP contribution in [0.3, 0.4) is 0 Å². The molecule has 0 unspecified atom stereocenters. The SMILES string of the molecule is N=C(C1=C(c2cn(CCOCCO)c3ccccc23)C(=O)NC1=O)c1ccccc1NCCOCCO. The molecular formula is C27H30N4O6. The van der Waals surface area contributed by atoms with Gasteiger partial charge in [0.05, 0.1) is 56.5 Å². The van der Waals surface area contributed by atoms with E-state index in [0.29, 0.717) is 43.1 Å². The quantitative estimate of drug-likeness (QED) is 0.127. The molecule has 194 valence electrons. The molecule has 0 bridgehead atoms. The Morgan fingerprint density at radius 3 is 2.41 bits per heavy atom. The fraction of sp³-hybridized carbons (Fsp3) is 0.296. The van der Waals surface area contributed by atoms with E-state index in [2.05, 4.69) is 10.6 Å². The minimum atomic E-state index is -0.616. The number of nitrogens with zero attached hydrogens (tertiary/aromatic N) is 1. The van der Waals surface area contributed by atoms with Gasteiger partial charge in [-0.2, -0.15) is 0 Å². The number of hydrogen-bond acceptors (Lipinski definition) is 8. The molecule has 0 radical (unpaired) electrons. The highest BCUT2D eigenvalue weighted by Gasteiger charge is 2.36. The van der Waals surface area contributed by atoms with Crippen LogP contribution in [-0.4, -0.2) is 78.5 Å². The number of fused-ring (bicyclic) bond motifs is 1. The van der Waals surface area contributed by atoms with Gasteiger partial charge in [0.2, 0.25) is 0 Å². The van der Waals surface area contributed by atoms with Crippen LogP contribution in [0.4, 0.5) is 5.69 Å². The van der Waals surface area contributed by atoms with Crippen LogP contribution in [0, 0.1) is 5.41 Å². The predicted octanol–water partition coefficient (Wildman–Crippen LogP) is 1.55. The van der Waals surface area contributed by atoms with Gasteiger partial charge in [-0.3, -0.25) is 20.3 Å². The van der Waals surface area contributed by atoms with E-state index in [1.807, 2.05) is 34.9 Å². The normalized spacial score (nSPS) is 13.5. The summed E-state index contributed by atoms with van der Waals surface area (Å²) in [4.78, 5) is 26.0. The highest BCUT2D eigenvalue weighted by Crippen LogP contribution is 2.34. The van der Waals surface area contributed by atoms with Gasteiger partial charge in [0.15, 0.2) is 0 Å². The summed E-state index contributed by atoms with van der Waals surface area (Å²) in [6.45, 7) is 1.99. The second-order valence-electron chi connectivity index (χ2n) is 8.31. The molecule has 1 aromatic heterocycles. The molecule has 10 heteroatoms. The fourth-order valence-electron chi connectivity index (χ4n) is 4.33. The van der Waals surface area contributed by atoms with Crippen LogP contribution in [0.15, 0.2) is 60.3 Å². The Kier molecular flexibility index (Phi) is 8.81. The topological polar surface area (TPSA) is 146 Å². The van der Waals surface area contributed by atoms with Crippen molar-refractivity contribution in [1.82, 2.24) is 9.88 Å². The minimum Gasteiger partial charge on any atom is -0.394 e. The molecule has 1 aliphatic heterocycles. The molecule has 1 aliphatic rings. The van der Waals surface area contributed by atoms with E-state index in [-0.39, 0.29) is 43.3 Å². The second-order valence-corrected chi connectivity index (χ2v) is 8.31. The number of carbonyl (C=O) groups is 2. The van der Waals surface area contributed by atoms with E-state index in [1.54, 1.807) is 24.4 Å². The number of benzene rings is 2. The van der Waals surface area contributed by atoms with Gasteiger partial charge in [0.1, 0.15) is 0 Å². The average molecular weight is 507 g/mol. The number of para-hydroxylation sites is 2. The maximum atomic E-state index is 13.0. The fourth-order valence-corrected chi connectivity index (χ4v) is 4.33. The van der Waals surface area contributed by atoms with E-state index in [4.69, 9.17) is 25.1 Å². The number of aliphatic hydroxyl groups excluding tert-OH is 2. The number of nitrogens with one attached hydrogen (secondary N) is 3. The van der Waals surface area contributed by atoms with Crippen molar-refractivity contribution in [1.29, 1.82) is 5.41 Å². The first-order valence-corrected chi connectivity index (χ1v) is 12.0. The summed E-state index contributed by atoms with van der Waals surface area (Å²) in [5, 5.41) is 33.1. The largest absolute Gasteiger partial charge is 0.394 e. The van der Waals surface area contributed by atoms with Gasteiger partial charge in [0, 0.05) is 47.0 Å². The number of anilines is 1. The molecule has 3 aromatic rings. The Morgan fingerprint density at radius 2 is 1.62 bits per heavy atom. The Morgan fingerprint density at radius 1 is 0.919 bits per heavy atom. The summed E-state index contributed by atoms with van der Waals surface area (Å²) in [5.74, 6) is -1.17. The number of aliphatic hydroxyl groups is 2. The van der Waals surface area contributed by atoms with Gasteiger partial charge in [-0.15, -0.1) is 0 Å². The van der Waals surface area contributed by atoms with Crippen molar-refractivity contribution in [3.05, 3.63) is 71.4 Å². The molecule has 2 aromatic carbocycles. The van der Waals surface area contributed by atoms with Crippen molar-refractivity contribution < 1.29 is 29.3 Å². The van der Waals surface area contributed by atoms with Crippen LogP contribution < -0.4 is 10.6 Å². The van der Waals surface area contributed by atoms with Crippen LogP contribution in [-0.2, 0) is 25.6 Å². The molecule has 0 aliphatic carbocycles. The van der Waals surface area contributed by atoms with Gasteiger partial charge in [-0.05, 0) is 12.1 Å². The van der Waals surface area contributed by atoms with Crippen LogP contribution in [0.25, 0.3) is 16.5 Å². The van der Waals surface area contributed by atoms with Crippen molar-refractivity contribution >= 4 is 39.7 Å². The highest BCUT2D eigenvalue weighted by atomic mass is 16.5. The smallest absolute Gasteiger partial charge is 0.261 e. The van der Waals surface area contributed by atoms with Gasteiger partial charge in [0.25, 0.3) is 11.8 Å². The zero-order chi connectivity index (χ0) is 26.2. The number of amides is 2. The van der Waals surface area contributed by atoms with Crippen LogP contribution in [0.2, 0.25) is 0 Å². The number of aromatic nitrogens is 1. The zero-order valence-electron chi connectivity index (χ0n) is 20.3. The van der Waals surface area contributed by atoms with E-state index in [9.17, 15) is 9.59 Å². The lowest BCUT2D eigenvalue weighted by molar-refractivity contribution is -0.123. The number of hydrogen-bond donors (Lipinski definition) is 5. The van der Waals surface area contributed by atoms with Crippen molar-refractivity contribution in [3.63, 3.8) is 0 Å².